The predicted octanol–water partition coefficient (Wildman–Crippen LogP) is 3.17. The zero-order valence-corrected chi connectivity index (χ0v) is 15.3. The quantitative estimate of drug-likeness (QED) is 0.897. The summed E-state index contributed by atoms with van der Waals surface area (Å²) in [6, 6.07) is 8.27. The van der Waals surface area contributed by atoms with Crippen molar-refractivity contribution in [3.8, 4) is 5.88 Å². The highest BCUT2D eigenvalue weighted by molar-refractivity contribution is 5.74. The van der Waals surface area contributed by atoms with Crippen LogP contribution in [0.5, 0.6) is 5.88 Å². The van der Waals surface area contributed by atoms with Gasteiger partial charge in [-0.2, -0.15) is 5.10 Å². The minimum absolute atomic E-state index is 0.0595. The largest absolute Gasteiger partial charge is 0.481 e. The summed E-state index contributed by atoms with van der Waals surface area (Å²) in [6.07, 6.45) is 2.04. The van der Waals surface area contributed by atoms with Gasteiger partial charge < -0.3 is 15.4 Å². The maximum atomic E-state index is 12.4. The van der Waals surface area contributed by atoms with Crippen molar-refractivity contribution < 1.29 is 9.53 Å². The van der Waals surface area contributed by atoms with E-state index in [1.165, 1.54) is 11.1 Å². The molecule has 1 aromatic carbocycles. The molecule has 0 spiro atoms. The van der Waals surface area contributed by atoms with Crippen LogP contribution >= 0.6 is 0 Å². The molecule has 2 amide bonds. The SMILES string of the molecule is COc1c(CNC(=O)N[C@@H]2CC[C@@H](C)c3ccccc32)c(C)nn1C. The number of nitrogens with one attached hydrogen (secondary N) is 2. The van der Waals surface area contributed by atoms with E-state index in [-0.39, 0.29) is 12.1 Å². The van der Waals surface area contributed by atoms with E-state index >= 15 is 0 Å². The fourth-order valence-corrected chi connectivity index (χ4v) is 3.67. The summed E-state index contributed by atoms with van der Waals surface area (Å²) in [7, 11) is 3.44. The van der Waals surface area contributed by atoms with Crippen LogP contribution in [-0.2, 0) is 13.6 Å². The van der Waals surface area contributed by atoms with E-state index in [1.54, 1.807) is 11.8 Å². The molecule has 1 aliphatic rings. The third-order valence-corrected chi connectivity index (χ3v) is 5.00. The van der Waals surface area contributed by atoms with Gasteiger partial charge in [-0.3, -0.25) is 0 Å². The number of benzene rings is 1. The molecule has 0 saturated carbocycles. The Bertz CT molecular complexity index is 769. The Balaban J connectivity index is 1.65. The van der Waals surface area contributed by atoms with Crippen molar-refractivity contribution in [2.75, 3.05) is 7.11 Å². The number of methoxy groups -OCH3 is 1. The zero-order valence-electron chi connectivity index (χ0n) is 15.3. The molecule has 0 aliphatic heterocycles. The summed E-state index contributed by atoms with van der Waals surface area (Å²) in [4.78, 5) is 12.4. The number of aryl methyl sites for hydroxylation is 2. The smallest absolute Gasteiger partial charge is 0.315 e. The highest BCUT2D eigenvalue weighted by atomic mass is 16.5. The fourth-order valence-electron chi connectivity index (χ4n) is 3.67. The number of carbonyl (C=O) groups is 1. The summed E-state index contributed by atoms with van der Waals surface area (Å²) >= 11 is 0. The van der Waals surface area contributed by atoms with Crippen LogP contribution in [-0.4, -0.2) is 22.9 Å². The van der Waals surface area contributed by atoms with Crippen molar-refractivity contribution in [3.05, 3.63) is 46.6 Å². The van der Waals surface area contributed by atoms with Crippen LogP contribution < -0.4 is 15.4 Å². The molecule has 2 atom stereocenters. The Morgan fingerprint density at radius 3 is 2.76 bits per heavy atom. The molecule has 2 N–H and O–H groups in total. The van der Waals surface area contributed by atoms with Crippen LogP contribution in [0.25, 0.3) is 0 Å². The number of nitrogens with zero attached hydrogens (tertiary/aromatic N) is 2. The third kappa shape index (κ3) is 3.48. The summed E-state index contributed by atoms with van der Waals surface area (Å²) in [6.45, 7) is 4.54. The van der Waals surface area contributed by atoms with E-state index in [9.17, 15) is 4.79 Å². The van der Waals surface area contributed by atoms with Gasteiger partial charge in [0.05, 0.1) is 31.0 Å². The Morgan fingerprint density at radius 2 is 2.04 bits per heavy atom. The molecule has 134 valence electrons. The number of urea groups is 1. The number of hydrogen-bond acceptors (Lipinski definition) is 3. The lowest BCUT2D eigenvalue weighted by Crippen LogP contribution is -2.39. The van der Waals surface area contributed by atoms with Gasteiger partial charge in [-0.25, -0.2) is 9.48 Å². The highest BCUT2D eigenvalue weighted by Gasteiger charge is 2.25. The van der Waals surface area contributed by atoms with E-state index in [0.717, 1.165) is 24.1 Å². The molecule has 6 nitrogen and oxygen atoms in total. The number of aromatic nitrogens is 2. The van der Waals surface area contributed by atoms with Crippen LogP contribution in [0.2, 0.25) is 0 Å². The maximum absolute atomic E-state index is 12.4. The van der Waals surface area contributed by atoms with Gasteiger partial charge in [-0.05, 0) is 36.8 Å². The van der Waals surface area contributed by atoms with Crippen molar-refractivity contribution in [2.24, 2.45) is 7.05 Å². The molecule has 0 radical (unpaired) electrons. The number of amides is 2. The molecule has 6 heteroatoms. The lowest BCUT2D eigenvalue weighted by atomic mass is 9.81. The van der Waals surface area contributed by atoms with Crippen LogP contribution in [0, 0.1) is 6.92 Å². The first-order valence-corrected chi connectivity index (χ1v) is 8.71. The number of carbonyl (C=O) groups excluding carboxylic acids is 1. The van der Waals surface area contributed by atoms with E-state index < -0.39 is 0 Å². The third-order valence-electron chi connectivity index (χ3n) is 5.00. The minimum atomic E-state index is -0.167. The second-order valence-corrected chi connectivity index (χ2v) is 6.68. The minimum Gasteiger partial charge on any atom is -0.481 e. The summed E-state index contributed by atoms with van der Waals surface area (Å²) < 4.78 is 7.05. The monoisotopic (exact) mass is 342 g/mol. The topological polar surface area (TPSA) is 68.2 Å². The fraction of sp³-hybridized carbons (Fsp3) is 0.474. The summed E-state index contributed by atoms with van der Waals surface area (Å²) in [5, 5.41) is 10.4. The van der Waals surface area contributed by atoms with E-state index in [0.29, 0.717) is 18.3 Å². The van der Waals surface area contributed by atoms with Crippen molar-refractivity contribution in [2.45, 2.75) is 45.2 Å². The van der Waals surface area contributed by atoms with Gasteiger partial charge in [0.15, 0.2) is 0 Å². The van der Waals surface area contributed by atoms with Gasteiger partial charge in [-0.1, -0.05) is 31.2 Å². The van der Waals surface area contributed by atoms with Crippen LogP contribution in [0.1, 0.15) is 54.1 Å². The zero-order chi connectivity index (χ0) is 18.0. The predicted molar refractivity (Wildman–Crippen MR) is 96.7 cm³/mol. The molecule has 1 heterocycles. The molecule has 0 unspecified atom stereocenters. The molecule has 25 heavy (non-hydrogen) atoms. The molecule has 0 saturated heterocycles. The van der Waals surface area contributed by atoms with E-state index in [1.807, 2.05) is 20.0 Å². The molecule has 0 fully saturated rings. The van der Waals surface area contributed by atoms with Gasteiger partial charge in [0.2, 0.25) is 5.88 Å². The summed E-state index contributed by atoms with van der Waals surface area (Å²) in [5.41, 5.74) is 4.32. The number of rotatable bonds is 4. The Hall–Kier alpha value is -2.50. The number of ether oxygens (including phenoxy) is 1. The molecular weight excluding hydrogens is 316 g/mol. The second kappa shape index (κ2) is 7.17. The van der Waals surface area contributed by atoms with Crippen molar-refractivity contribution >= 4 is 6.03 Å². The van der Waals surface area contributed by atoms with Gasteiger partial charge in [0.25, 0.3) is 0 Å². The van der Waals surface area contributed by atoms with Gasteiger partial charge in [0, 0.05) is 7.05 Å². The molecule has 1 aliphatic carbocycles. The molecule has 2 aromatic rings. The maximum Gasteiger partial charge on any atom is 0.315 e. The number of hydrogen-bond donors (Lipinski definition) is 2. The Morgan fingerprint density at radius 1 is 1.32 bits per heavy atom. The molecule has 0 bridgehead atoms. The number of fused-ring (bicyclic) bond motifs is 1. The van der Waals surface area contributed by atoms with Crippen molar-refractivity contribution in [3.63, 3.8) is 0 Å². The van der Waals surface area contributed by atoms with Gasteiger partial charge in [0.1, 0.15) is 0 Å². The average Bonchev–Trinajstić information content (AvgIpc) is 2.88. The first-order chi connectivity index (χ1) is 12.0. The first-order valence-electron chi connectivity index (χ1n) is 8.71. The Kier molecular flexibility index (Phi) is 4.97. The van der Waals surface area contributed by atoms with Crippen LogP contribution in [0.4, 0.5) is 4.79 Å². The first kappa shape index (κ1) is 17.3. The summed E-state index contributed by atoms with van der Waals surface area (Å²) in [5.74, 6) is 1.22. The molecular formula is C19H26N4O2. The van der Waals surface area contributed by atoms with Crippen LogP contribution in [0.3, 0.4) is 0 Å². The van der Waals surface area contributed by atoms with E-state index in [2.05, 4.69) is 40.9 Å². The van der Waals surface area contributed by atoms with Gasteiger partial charge in [-0.15, -0.1) is 0 Å². The van der Waals surface area contributed by atoms with Crippen molar-refractivity contribution in [1.82, 2.24) is 20.4 Å². The highest BCUT2D eigenvalue weighted by Crippen LogP contribution is 2.36. The van der Waals surface area contributed by atoms with E-state index in [4.69, 9.17) is 4.74 Å². The second-order valence-electron chi connectivity index (χ2n) is 6.68. The van der Waals surface area contributed by atoms with Crippen LogP contribution in [0.15, 0.2) is 24.3 Å². The molecule has 3 rings (SSSR count). The molecule has 1 aromatic heterocycles. The lowest BCUT2D eigenvalue weighted by molar-refractivity contribution is 0.234. The Labute approximate surface area is 148 Å². The van der Waals surface area contributed by atoms with Gasteiger partial charge >= 0.3 is 6.03 Å². The average molecular weight is 342 g/mol. The normalized spacial score (nSPS) is 19.2. The van der Waals surface area contributed by atoms with Crippen molar-refractivity contribution in [1.29, 1.82) is 0 Å². The lowest BCUT2D eigenvalue weighted by Gasteiger charge is -2.30. The standard InChI is InChI=1S/C19H26N4O2/c1-12-9-10-17(15-8-6-5-7-14(12)15)21-19(24)20-11-16-13(2)22-23(3)18(16)25-4/h5-8,12,17H,9-11H2,1-4H3,(H2,20,21,24)/t12-,17-/m1/s1.